The third kappa shape index (κ3) is 3.64. The molecule has 7 nitrogen and oxygen atoms in total. The average Bonchev–Trinajstić information content (AvgIpc) is 2.97. The first-order valence-electron chi connectivity index (χ1n) is 8.46. The molecule has 1 aromatic heterocycles. The molecule has 134 valence electrons. The van der Waals surface area contributed by atoms with Crippen molar-refractivity contribution in [2.45, 2.75) is 38.8 Å². The Kier molecular flexibility index (Phi) is 4.70. The van der Waals surface area contributed by atoms with Crippen LogP contribution in [0.15, 0.2) is 6.07 Å². The van der Waals surface area contributed by atoms with Crippen LogP contribution in [0.5, 0.6) is 0 Å². The van der Waals surface area contributed by atoms with E-state index < -0.39 is 9.84 Å². The van der Waals surface area contributed by atoms with Crippen LogP contribution < -0.4 is 0 Å². The fourth-order valence-corrected chi connectivity index (χ4v) is 5.37. The van der Waals surface area contributed by atoms with Gasteiger partial charge in [0.2, 0.25) is 5.91 Å². The molecule has 24 heavy (non-hydrogen) atoms. The van der Waals surface area contributed by atoms with Gasteiger partial charge in [-0.2, -0.15) is 5.10 Å². The Hall–Kier alpha value is -1.41. The molecule has 3 heterocycles. The van der Waals surface area contributed by atoms with Gasteiger partial charge in [0.05, 0.1) is 23.2 Å². The monoisotopic (exact) mass is 354 g/mol. The smallest absolute Gasteiger partial charge is 0.224 e. The van der Waals surface area contributed by atoms with E-state index in [9.17, 15) is 13.2 Å². The van der Waals surface area contributed by atoms with Crippen LogP contribution in [0.4, 0.5) is 0 Å². The highest BCUT2D eigenvalue weighted by atomic mass is 32.2. The molecule has 0 spiro atoms. The number of rotatable bonds is 5. The van der Waals surface area contributed by atoms with E-state index in [1.165, 1.54) is 0 Å². The van der Waals surface area contributed by atoms with Gasteiger partial charge in [0.15, 0.2) is 9.84 Å². The van der Waals surface area contributed by atoms with Gasteiger partial charge in [-0.3, -0.25) is 9.48 Å². The Morgan fingerprint density at radius 2 is 2.08 bits per heavy atom. The second kappa shape index (κ2) is 6.48. The zero-order valence-corrected chi connectivity index (χ0v) is 15.4. The van der Waals surface area contributed by atoms with Gasteiger partial charge in [-0.05, 0) is 33.4 Å². The van der Waals surface area contributed by atoms with Gasteiger partial charge in [-0.1, -0.05) is 0 Å². The van der Waals surface area contributed by atoms with Gasteiger partial charge in [0, 0.05) is 37.8 Å². The summed E-state index contributed by atoms with van der Waals surface area (Å²) >= 11 is 0. The number of sulfone groups is 1. The molecule has 3 rings (SSSR count). The second-order valence-corrected chi connectivity index (χ2v) is 9.34. The van der Waals surface area contributed by atoms with Crippen molar-refractivity contribution >= 4 is 15.7 Å². The summed E-state index contributed by atoms with van der Waals surface area (Å²) in [5, 5.41) is 4.48. The summed E-state index contributed by atoms with van der Waals surface area (Å²) in [6.45, 7) is 6.05. The second-order valence-electron chi connectivity index (χ2n) is 7.11. The van der Waals surface area contributed by atoms with Crippen LogP contribution in [0, 0.1) is 13.8 Å². The number of carbonyl (C=O) groups is 1. The molecule has 1 amide bonds. The Labute approximate surface area is 143 Å². The highest BCUT2D eigenvalue weighted by Gasteiger charge is 2.34. The van der Waals surface area contributed by atoms with Gasteiger partial charge in [0.25, 0.3) is 0 Å². The molecular formula is C16H26N4O3S. The van der Waals surface area contributed by atoms with Gasteiger partial charge < -0.3 is 9.80 Å². The van der Waals surface area contributed by atoms with E-state index in [-0.39, 0.29) is 29.5 Å². The summed E-state index contributed by atoms with van der Waals surface area (Å²) < 4.78 is 25.1. The first-order chi connectivity index (χ1) is 11.2. The maximum atomic E-state index is 12.3. The van der Waals surface area contributed by atoms with E-state index in [4.69, 9.17) is 0 Å². The summed E-state index contributed by atoms with van der Waals surface area (Å²) in [5.41, 5.74) is 2.14. The molecule has 8 heteroatoms. The van der Waals surface area contributed by atoms with Crippen LogP contribution in [0.3, 0.4) is 0 Å². The fraction of sp³-hybridized carbons (Fsp3) is 0.750. The summed E-state index contributed by atoms with van der Waals surface area (Å²) in [4.78, 5) is 16.2. The van der Waals surface area contributed by atoms with Crippen molar-refractivity contribution in [2.24, 2.45) is 0 Å². The lowest BCUT2D eigenvalue weighted by Crippen LogP contribution is -2.51. The van der Waals surface area contributed by atoms with E-state index in [2.05, 4.69) is 11.2 Å². The first kappa shape index (κ1) is 17.4. The van der Waals surface area contributed by atoms with Crippen LogP contribution in [0.25, 0.3) is 0 Å². The summed E-state index contributed by atoms with van der Waals surface area (Å²) in [5.74, 6) is 0.633. The zero-order valence-electron chi connectivity index (χ0n) is 14.6. The highest BCUT2D eigenvalue weighted by Crippen LogP contribution is 2.23. The zero-order chi connectivity index (χ0) is 17.5. The molecule has 0 bridgehead atoms. The van der Waals surface area contributed by atoms with Crippen LogP contribution >= 0.6 is 0 Å². The lowest BCUT2D eigenvalue weighted by molar-refractivity contribution is -0.137. The maximum Gasteiger partial charge on any atom is 0.224 e. The minimum Gasteiger partial charge on any atom is -0.338 e. The summed E-state index contributed by atoms with van der Waals surface area (Å²) in [6.07, 6.45) is 1.12. The number of aromatic nitrogens is 2. The van der Waals surface area contributed by atoms with E-state index >= 15 is 0 Å². The number of amides is 1. The molecule has 1 atom stereocenters. The lowest BCUT2D eigenvalue weighted by atomic mass is 10.1. The van der Waals surface area contributed by atoms with Gasteiger partial charge in [-0.25, -0.2) is 8.42 Å². The number of carbonyl (C=O) groups excluding carboxylic acids is 1. The molecule has 1 aromatic rings. The quantitative estimate of drug-likeness (QED) is 0.765. The van der Waals surface area contributed by atoms with Crippen LogP contribution in [-0.4, -0.2) is 78.1 Å². The molecule has 0 aliphatic carbocycles. The van der Waals surface area contributed by atoms with Crippen molar-refractivity contribution in [3.63, 3.8) is 0 Å². The van der Waals surface area contributed by atoms with Crippen molar-refractivity contribution < 1.29 is 13.2 Å². The molecule has 0 saturated carbocycles. The Morgan fingerprint density at radius 1 is 1.38 bits per heavy atom. The molecule has 2 saturated heterocycles. The molecule has 0 radical (unpaired) electrons. The number of aryl methyl sites for hydroxylation is 2. The number of nitrogens with zero attached hydrogens (tertiary/aromatic N) is 4. The largest absolute Gasteiger partial charge is 0.338 e. The molecule has 0 N–H and O–H groups in total. The standard InChI is InChI=1S/C16H26N4O3S/c1-12-8-13(2)20(17-12)15-9-19(10-15)16(21)4-6-18(3)14-5-7-24(22,23)11-14/h8,14-15H,4-7,9-11H2,1-3H3/t14-/m1/s1. The van der Waals surface area contributed by atoms with Crippen molar-refractivity contribution in [2.75, 3.05) is 38.2 Å². The summed E-state index contributed by atoms with van der Waals surface area (Å²) in [7, 11) is -0.965. The molecule has 2 aliphatic rings. The Morgan fingerprint density at radius 3 is 2.62 bits per heavy atom. The number of hydrogen-bond donors (Lipinski definition) is 0. The molecule has 0 unspecified atom stereocenters. The highest BCUT2D eigenvalue weighted by molar-refractivity contribution is 7.91. The summed E-state index contributed by atoms with van der Waals surface area (Å²) in [6, 6.07) is 2.39. The van der Waals surface area contributed by atoms with Crippen LogP contribution in [0.2, 0.25) is 0 Å². The van der Waals surface area contributed by atoms with Crippen LogP contribution in [0.1, 0.15) is 30.3 Å². The van der Waals surface area contributed by atoms with E-state index in [1.54, 1.807) is 0 Å². The lowest BCUT2D eigenvalue weighted by Gasteiger charge is -2.40. The minimum absolute atomic E-state index is 0.0571. The Bertz CT molecular complexity index is 722. The number of likely N-dealkylation sites (tertiary alicyclic amines) is 1. The Balaban J connectivity index is 1.43. The van der Waals surface area contributed by atoms with Crippen molar-refractivity contribution in [3.05, 3.63) is 17.5 Å². The van der Waals surface area contributed by atoms with E-state index in [0.717, 1.165) is 11.4 Å². The van der Waals surface area contributed by atoms with Gasteiger partial charge in [0.1, 0.15) is 0 Å². The SMILES string of the molecule is Cc1cc(C)n(C2CN(C(=O)CCN(C)[C@@H]3CCS(=O)(=O)C3)C2)n1. The average molecular weight is 354 g/mol. The minimum atomic E-state index is -2.88. The van der Waals surface area contributed by atoms with Crippen LogP contribution in [-0.2, 0) is 14.6 Å². The third-order valence-corrected chi connectivity index (χ3v) is 6.87. The van der Waals surface area contributed by atoms with Gasteiger partial charge in [-0.15, -0.1) is 0 Å². The van der Waals surface area contributed by atoms with Crippen molar-refractivity contribution in [3.8, 4) is 0 Å². The molecule has 2 aliphatic heterocycles. The normalized spacial score (nSPS) is 23.7. The predicted molar refractivity (Wildman–Crippen MR) is 91.6 cm³/mol. The number of hydrogen-bond acceptors (Lipinski definition) is 5. The van der Waals surface area contributed by atoms with Crippen molar-refractivity contribution in [1.82, 2.24) is 19.6 Å². The fourth-order valence-electron chi connectivity index (χ4n) is 3.57. The molecule has 0 aromatic carbocycles. The topological polar surface area (TPSA) is 75.5 Å². The molecule has 2 fully saturated rings. The van der Waals surface area contributed by atoms with E-state index in [1.807, 2.05) is 35.4 Å². The first-order valence-corrected chi connectivity index (χ1v) is 10.3. The van der Waals surface area contributed by atoms with E-state index in [0.29, 0.717) is 32.5 Å². The third-order valence-electron chi connectivity index (χ3n) is 5.12. The molecular weight excluding hydrogens is 328 g/mol. The van der Waals surface area contributed by atoms with Crippen molar-refractivity contribution in [1.29, 1.82) is 0 Å². The maximum absolute atomic E-state index is 12.3. The predicted octanol–water partition coefficient (Wildman–Crippen LogP) is 0.392. The van der Waals surface area contributed by atoms with Gasteiger partial charge >= 0.3 is 0 Å².